The molecule has 0 saturated heterocycles. The van der Waals surface area contributed by atoms with E-state index >= 15 is 0 Å². The van der Waals surface area contributed by atoms with Gasteiger partial charge in [-0.15, -0.1) is 0 Å². The van der Waals surface area contributed by atoms with Crippen LogP contribution in [-0.4, -0.2) is 21.0 Å². The SMILES string of the molecule is CCCC(CC)Nc1nc(N)nc(C(C)(C)F)n1. The molecule has 1 aromatic heterocycles. The van der Waals surface area contributed by atoms with Gasteiger partial charge in [0, 0.05) is 6.04 Å². The molecule has 3 N–H and O–H groups in total. The quantitative estimate of drug-likeness (QED) is 0.817. The molecule has 0 aromatic carbocycles. The molecule has 18 heavy (non-hydrogen) atoms. The Morgan fingerprint density at radius 1 is 1.28 bits per heavy atom. The van der Waals surface area contributed by atoms with Gasteiger partial charge in [-0.05, 0) is 26.7 Å². The fourth-order valence-corrected chi connectivity index (χ4v) is 1.63. The number of hydrogen-bond acceptors (Lipinski definition) is 5. The Kier molecular flexibility index (Phi) is 4.81. The number of anilines is 2. The Morgan fingerprint density at radius 3 is 2.44 bits per heavy atom. The number of aromatic nitrogens is 3. The second-order valence-electron chi connectivity index (χ2n) is 4.85. The van der Waals surface area contributed by atoms with Crippen LogP contribution in [0.1, 0.15) is 52.8 Å². The molecule has 0 bridgehead atoms. The van der Waals surface area contributed by atoms with Gasteiger partial charge in [0.2, 0.25) is 11.9 Å². The van der Waals surface area contributed by atoms with E-state index in [1.165, 1.54) is 13.8 Å². The zero-order valence-corrected chi connectivity index (χ0v) is 11.5. The van der Waals surface area contributed by atoms with Crippen LogP contribution in [0.4, 0.5) is 16.3 Å². The predicted octanol–water partition coefficient (Wildman–Crippen LogP) is 2.65. The summed E-state index contributed by atoms with van der Waals surface area (Å²) >= 11 is 0. The highest BCUT2D eigenvalue weighted by atomic mass is 19.1. The lowest BCUT2D eigenvalue weighted by molar-refractivity contribution is 0.206. The number of alkyl halides is 1. The summed E-state index contributed by atoms with van der Waals surface area (Å²) in [7, 11) is 0. The van der Waals surface area contributed by atoms with Crippen LogP contribution >= 0.6 is 0 Å². The molecule has 0 saturated carbocycles. The lowest BCUT2D eigenvalue weighted by atomic mass is 10.1. The van der Waals surface area contributed by atoms with Crippen LogP contribution in [0.15, 0.2) is 0 Å². The predicted molar refractivity (Wildman–Crippen MR) is 71.0 cm³/mol. The lowest BCUT2D eigenvalue weighted by Gasteiger charge is -2.18. The zero-order chi connectivity index (χ0) is 13.8. The molecule has 1 rings (SSSR count). The summed E-state index contributed by atoms with van der Waals surface area (Å²) in [5.74, 6) is 0.451. The number of nitrogens with one attached hydrogen (secondary N) is 1. The molecule has 0 spiro atoms. The highest BCUT2D eigenvalue weighted by molar-refractivity contribution is 5.33. The van der Waals surface area contributed by atoms with E-state index in [4.69, 9.17) is 5.73 Å². The topological polar surface area (TPSA) is 76.7 Å². The normalized spacial score (nSPS) is 13.4. The molecule has 1 atom stereocenters. The largest absolute Gasteiger partial charge is 0.368 e. The molecule has 1 heterocycles. The second kappa shape index (κ2) is 5.93. The van der Waals surface area contributed by atoms with Crippen LogP contribution in [0.2, 0.25) is 0 Å². The third-order valence-electron chi connectivity index (χ3n) is 2.65. The van der Waals surface area contributed by atoms with Crippen LogP contribution in [0.5, 0.6) is 0 Å². The maximum absolute atomic E-state index is 13.8. The van der Waals surface area contributed by atoms with Gasteiger partial charge < -0.3 is 11.1 Å². The van der Waals surface area contributed by atoms with E-state index in [2.05, 4.69) is 34.1 Å². The van der Waals surface area contributed by atoms with Crippen LogP contribution in [0, 0.1) is 0 Å². The van der Waals surface area contributed by atoms with Gasteiger partial charge in [-0.1, -0.05) is 20.3 Å². The Labute approximate surface area is 107 Å². The average Bonchev–Trinajstić information content (AvgIpc) is 2.26. The minimum Gasteiger partial charge on any atom is -0.368 e. The van der Waals surface area contributed by atoms with Gasteiger partial charge in [0.15, 0.2) is 11.5 Å². The van der Waals surface area contributed by atoms with Crippen LogP contribution in [0.25, 0.3) is 0 Å². The van der Waals surface area contributed by atoms with Crippen molar-refractivity contribution in [3.8, 4) is 0 Å². The Morgan fingerprint density at radius 2 is 1.94 bits per heavy atom. The van der Waals surface area contributed by atoms with Gasteiger partial charge in [-0.2, -0.15) is 15.0 Å². The van der Waals surface area contributed by atoms with E-state index in [1.807, 2.05) is 0 Å². The molecule has 0 aliphatic rings. The summed E-state index contributed by atoms with van der Waals surface area (Å²) in [6, 6.07) is 0.271. The maximum Gasteiger partial charge on any atom is 0.228 e. The average molecular weight is 255 g/mol. The number of hydrogen-bond donors (Lipinski definition) is 2. The number of nitrogens with zero attached hydrogens (tertiary/aromatic N) is 3. The van der Waals surface area contributed by atoms with Crippen molar-refractivity contribution in [2.45, 2.75) is 58.7 Å². The zero-order valence-electron chi connectivity index (χ0n) is 11.5. The number of nitrogens with two attached hydrogens (primary N) is 1. The Hall–Kier alpha value is -1.46. The highest BCUT2D eigenvalue weighted by Crippen LogP contribution is 2.22. The van der Waals surface area contributed by atoms with Gasteiger partial charge in [-0.3, -0.25) is 0 Å². The van der Waals surface area contributed by atoms with Gasteiger partial charge >= 0.3 is 0 Å². The fourth-order valence-electron chi connectivity index (χ4n) is 1.63. The maximum atomic E-state index is 13.8. The van der Waals surface area contributed by atoms with Crippen molar-refractivity contribution in [1.82, 2.24) is 15.0 Å². The minimum atomic E-state index is -1.63. The summed E-state index contributed by atoms with van der Waals surface area (Å²) < 4.78 is 13.8. The van der Waals surface area contributed by atoms with Crippen LogP contribution < -0.4 is 11.1 Å². The number of halogens is 1. The summed E-state index contributed by atoms with van der Waals surface area (Å²) in [6.07, 6.45) is 3.03. The van der Waals surface area contributed by atoms with E-state index < -0.39 is 5.67 Å². The Bertz CT molecular complexity index is 389. The summed E-state index contributed by atoms with van der Waals surface area (Å²) in [6.45, 7) is 6.99. The molecular formula is C12H22FN5. The van der Waals surface area contributed by atoms with Gasteiger partial charge in [0.1, 0.15) is 0 Å². The van der Waals surface area contributed by atoms with Crippen molar-refractivity contribution < 1.29 is 4.39 Å². The van der Waals surface area contributed by atoms with Crippen LogP contribution in [0.3, 0.4) is 0 Å². The summed E-state index contributed by atoms with van der Waals surface area (Å²) in [5, 5.41) is 3.17. The third-order valence-corrected chi connectivity index (χ3v) is 2.65. The van der Waals surface area contributed by atoms with Crippen molar-refractivity contribution in [3.05, 3.63) is 5.82 Å². The first-order valence-electron chi connectivity index (χ1n) is 6.34. The van der Waals surface area contributed by atoms with E-state index in [9.17, 15) is 4.39 Å². The molecule has 6 heteroatoms. The first-order valence-corrected chi connectivity index (χ1v) is 6.34. The second-order valence-corrected chi connectivity index (χ2v) is 4.85. The molecule has 0 fully saturated rings. The molecule has 102 valence electrons. The molecule has 1 aromatic rings. The van der Waals surface area contributed by atoms with Crippen molar-refractivity contribution in [2.75, 3.05) is 11.1 Å². The first kappa shape index (κ1) is 14.6. The monoisotopic (exact) mass is 255 g/mol. The first-order chi connectivity index (χ1) is 8.36. The molecular weight excluding hydrogens is 233 g/mol. The molecule has 1 unspecified atom stereocenters. The Balaban J connectivity index is 2.92. The van der Waals surface area contributed by atoms with Crippen LogP contribution in [-0.2, 0) is 5.67 Å². The standard InChI is InChI=1S/C12H22FN5/c1-5-7-8(6-2)15-11-17-9(12(3,4)13)16-10(14)18-11/h8H,5-7H2,1-4H3,(H3,14,15,16,17,18). The van der Waals surface area contributed by atoms with Gasteiger partial charge in [0.25, 0.3) is 0 Å². The fraction of sp³-hybridized carbons (Fsp3) is 0.750. The number of nitrogen functional groups attached to an aromatic ring is 1. The molecule has 0 amide bonds. The molecule has 0 aliphatic carbocycles. The van der Waals surface area contributed by atoms with Gasteiger partial charge in [-0.25, -0.2) is 4.39 Å². The molecule has 0 aliphatic heterocycles. The van der Waals surface area contributed by atoms with E-state index in [0.717, 1.165) is 19.3 Å². The van der Waals surface area contributed by atoms with Crippen molar-refractivity contribution in [3.63, 3.8) is 0 Å². The molecule has 5 nitrogen and oxygen atoms in total. The van der Waals surface area contributed by atoms with E-state index in [-0.39, 0.29) is 17.8 Å². The van der Waals surface area contributed by atoms with E-state index in [0.29, 0.717) is 5.95 Å². The third kappa shape index (κ3) is 4.09. The highest BCUT2D eigenvalue weighted by Gasteiger charge is 2.24. The van der Waals surface area contributed by atoms with E-state index in [1.54, 1.807) is 0 Å². The summed E-state index contributed by atoms with van der Waals surface area (Å²) in [4.78, 5) is 11.9. The van der Waals surface area contributed by atoms with Crippen molar-refractivity contribution in [1.29, 1.82) is 0 Å². The number of rotatable bonds is 6. The molecule has 0 radical (unpaired) electrons. The summed E-state index contributed by atoms with van der Waals surface area (Å²) in [5.41, 5.74) is 3.95. The minimum absolute atomic E-state index is 0.0413. The lowest BCUT2D eigenvalue weighted by Crippen LogP contribution is -2.23. The van der Waals surface area contributed by atoms with Crippen molar-refractivity contribution >= 4 is 11.9 Å². The van der Waals surface area contributed by atoms with Crippen molar-refractivity contribution in [2.24, 2.45) is 0 Å². The van der Waals surface area contributed by atoms with Gasteiger partial charge in [0.05, 0.1) is 0 Å². The smallest absolute Gasteiger partial charge is 0.228 e.